The van der Waals surface area contributed by atoms with Crippen LogP contribution in [0.15, 0.2) is 0 Å². The van der Waals surface area contributed by atoms with Crippen LogP contribution in [0, 0.1) is 0 Å². The summed E-state index contributed by atoms with van der Waals surface area (Å²) >= 11 is 0. The van der Waals surface area contributed by atoms with Gasteiger partial charge in [-0.1, -0.05) is 0 Å². The zero-order valence-corrected chi connectivity index (χ0v) is 7.24. The molecular weight excluding hydrogens is 172 g/mol. The SMILES string of the molecule is P.[KH].[Na].[Se]. The van der Waals surface area contributed by atoms with Crippen LogP contribution in [0.1, 0.15) is 0 Å². The molecule has 0 bridgehead atoms. The maximum atomic E-state index is 0. The molecule has 3 radical (unpaired) electrons. The van der Waals surface area contributed by atoms with Crippen LogP contribution in [0.3, 0.4) is 0 Å². The molecule has 0 nitrogen and oxygen atoms in total. The predicted molar refractivity (Wildman–Crippen MR) is 29.8 cm³/mol. The summed E-state index contributed by atoms with van der Waals surface area (Å²) in [4.78, 5) is 0. The molecule has 0 heterocycles. The van der Waals surface area contributed by atoms with Crippen molar-refractivity contribution in [3.63, 3.8) is 0 Å². The van der Waals surface area contributed by atoms with Crippen molar-refractivity contribution in [3.05, 3.63) is 0 Å². The van der Waals surface area contributed by atoms with Gasteiger partial charge in [0.25, 0.3) is 0 Å². The van der Waals surface area contributed by atoms with Crippen molar-refractivity contribution in [2.75, 3.05) is 0 Å². The Morgan fingerprint density at radius 3 is 1.00 bits per heavy atom. The molecule has 0 aliphatic rings. The van der Waals surface area contributed by atoms with E-state index in [0.717, 1.165) is 0 Å². The summed E-state index contributed by atoms with van der Waals surface area (Å²) in [6.45, 7) is 0. The van der Waals surface area contributed by atoms with Crippen molar-refractivity contribution in [3.8, 4) is 0 Å². The maximum Gasteiger partial charge on any atom is 0 e. The zero-order chi connectivity index (χ0) is 0. The first-order valence-electron chi connectivity index (χ1n) is 0. The minimum atomic E-state index is 0. The molecule has 0 saturated carbocycles. The average molecular weight is 176 g/mol. The normalized spacial score (nSPS) is 0. The first-order chi connectivity index (χ1) is 0. The summed E-state index contributed by atoms with van der Waals surface area (Å²) in [5.41, 5.74) is 0. The molecular formula is H4KNaPSe. The van der Waals surface area contributed by atoms with Crippen LogP contribution >= 0.6 is 9.90 Å². The van der Waals surface area contributed by atoms with Gasteiger partial charge in [-0.2, -0.15) is 9.90 Å². The first-order valence-corrected chi connectivity index (χ1v) is 0. The molecule has 4 heteroatoms. The van der Waals surface area contributed by atoms with E-state index in [0.29, 0.717) is 0 Å². The van der Waals surface area contributed by atoms with E-state index < -0.39 is 0 Å². The van der Waals surface area contributed by atoms with Gasteiger partial charge in [-0.25, -0.2) is 0 Å². The van der Waals surface area contributed by atoms with Crippen LogP contribution in [0.2, 0.25) is 0 Å². The summed E-state index contributed by atoms with van der Waals surface area (Å²) in [6.07, 6.45) is 0. The van der Waals surface area contributed by atoms with E-state index in [1.165, 1.54) is 0 Å². The standard InChI is InChI=1S/K.Na.H3P.Se.H/h;;1H3;;. The van der Waals surface area contributed by atoms with Crippen LogP contribution in [0.4, 0.5) is 0 Å². The molecule has 0 fully saturated rings. The average Bonchev–Trinajstić information content (AvgIpc) is 0. The second-order valence-electron chi connectivity index (χ2n) is 0. The quantitative estimate of drug-likeness (QED) is 0.316. The monoisotopic (exact) mass is 177 g/mol. The molecule has 0 aliphatic heterocycles. The Balaban J connectivity index is 0. The Morgan fingerprint density at radius 1 is 1.00 bits per heavy atom. The van der Waals surface area contributed by atoms with Gasteiger partial charge in [0.05, 0.1) is 0 Å². The van der Waals surface area contributed by atoms with Crippen LogP contribution in [-0.2, 0) is 0 Å². The second kappa shape index (κ2) is 16.0. The molecule has 1 atom stereocenters. The van der Waals surface area contributed by atoms with E-state index in [1.807, 2.05) is 0 Å². The van der Waals surface area contributed by atoms with Gasteiger partial charge in [0.2, 0.25) is 0 Å². The van der Waals surface area contributed by atoms with Gasteiger partial charge in [-0.05, 0) is 0 Å². The van der Waals surface area contributed by atoms with Crippen molar-refractivity contribution >= 4 is 108 Å². The summed E-state index contributed by atoms with van der Waals surface area (Å²) in [5.74, 6) is 0. The van der Waals surface area contributed by atoms with E-state index in [9.17, 15) is 0 Å². The molecule has 0 amide bonds. The Labute approximate surface area is 105 Å². The smallest absolute Gasteiger partial charge is 0 e. The van der Waals surface area contributed by atoms with Gasteiger partial charge in [0.1, 0.15) is 0 Å². The molecule has 0 N–H and O–H groups in total. The number of rotatable bonds is 0. The fraction of sp³-hybridized carbons (Fsp3) is 0. The van der Waals surface area contributed by atoms with Gasteiger partial charge in [-0.3, -0.25) is 0 Å². The summed E-state index contributed by atoms with van der Waals surface area (Å²) in [7, 11) is 0. The second-order valence-corrected chi connectivity index (χ2v) is 0. The Hall–Kier alpha value is 3.59. The van der Waals surface area contributed by atoms with E-state index in [2.05, 4.69) is 0 Å². The van der Waals surface area contributed by atoms with Crippen LogP contribution in [0.5, 0.6) is 0 Å². The van der Waals surface area contributed by atoms with Crippen LogP contribution < -0.4 is 0 Å². The fourth-order valence-corrected chi connectivity index (χ4v) is 0. The van der Waals surface area contributed by atoms with E-state index in [1.54, 1.807) is 0 Å². The molecule has 1 unspecified atom stereocenters. The van der Waals surface area contributed by atoms with Crippen molar-refractivity contribution < 1.29 is 0 Å². The molecule has 0 saturated heterocycles. The molecule has 0 aliphatic carbocycles. The third kappa shape index (κ3) is 9.14. The Bertz CT molecular complexity index is 8.00. The topological polar surface area (TPSA) is 0 Å². The van der Waals surface area contributed by atoms with Crippen molar-refractivity contribution in [1.29, 1.82) is 0 Å². The summed E-state index contributed by atoms with van der Waals surface area (Å²) in [6, 6.07) is 0. The minimum absolute atomic E-state index is 0. The predicted octanol–water partition coefficient (Wildman–Crippen LogP) is -1.35. The van der Waals surface area contributed by atoms with Crippen LogP contribution in [0.25, 0.3) is 0 Å². The minimum Gasteiger partial charge on any atom is 0 e. The third-order valence-corrected chi connectivity index (χ3v) is 0. The van der Waals surface area contributed by atoms with Gasteiger partial charge < -0.3 is 0 Å². The molecule has 0 aromatic carbocycles. The molecule has 17 valence electrons. The number of hydrogen-bond donors (Lipinski definition) is 0. The third-order valence-electron chi connectivity index (χ3n) is 0. The zero-order valence-electron chi connectivity index (χ0n) is 2.12. The number of hydrogen-bond acceptors (Lipinski definition) is 0. The fourth-order valence-electron chi connectivity index (χ4n) is 0. The van der Waals surface area contributed by atoms with Gasteiger partial charge in [0.15, 0.2) is 0 Å². The van der Waals surface area contributed by atoms with Gasteiger partial charge >= 0.3 is 51.4 Å². The Morgan fingerprint density at radius 2 is 1.00 bits per heavy atom. The maximum absolute atomic E-state index is 0. The first kappa shape index (κ1) is 25.6. The summed E-state index contributed by atoms with van der Waals surface area (Å²) < 4.78 is 0. The molecule has 0 aromatic rings. The van der Waals surface area contributed by atoms with E-state index in [-0.39, 0.29) is 108 Å². The van der Waals surface area contributed by atoms with E-state index in [4.69, 9.17) is 0 Å². The molecule has 0 rings (SSSR count). The van der Waals surface area contributed by atoms with Crippen LogP contribution in [-0.4, -0.2) is 98.0 Å². The van der Waals surface area contributed by atoms with Gasteiger partial charge in [0, 0.05) is 46.6 Å². The molecule has 4 heavy (non-hydrogen) atoms. The Kier molecular flexibility index (Phi) is 102. The summed E-state index contributed by atoms with van der Waals surface area (Å²) in [5, 5.41) is 0. The van der Waals surface area contributed by atoms with Gasteiger partial charge in [-0.15, -0.1) is 0 Å². The van der Waals surface area contributed by atoms with Crippen molar-refractivity contribution in [2.24, 2.45) is 0 Å². The van der Waals surface area contributed by atoms with Crippen molar-refractivity contribution in [2.45, 2.75) is 0 Å². The van der Waals surface area contributed by atoms with E-state index >= 15 is 0 Å². The van der Waals surface area contributed by atoms with Crippen molar-refractivity contribution in [1.82, 2.24) is 0 Å². The molecule has 0 spiro atoms. The largest absolute Gasteiger partial charge is 0 e. The molecule has 0 aromatic heterocycles.